The van der Waals surface area contributed by atoms with Gasteiger partial charge in [0.1, 0.15) is 24.7 Å². The fourth-order valence-electron chi connectivity index (χ4n) is 2.90. The van der Waals surface area contributed by atoms with Gasteiger partial charge >= 0.3 is 11.9 Å². The number of aromatic nitrogens is 4. The van der Waals surface area contributed by atoms with Crippen LogP contribution in [0.5, 0.6) is 0 Å². The maximum atomic E-state index is 11.3. The van der Waals surface area contributed by atoms with E-state index in [9.17, 15) is 28.8 Å². The Morgan fingerprint density at radius 2 is 1.11 bits per heavy atom. The van der Waals surface area contributed by atoms with Gasteiger partial charge in [-0.3, -0.25) is 28.3 Å². The van der Waals surface area contributed by atoms with Crippen molar-refractivity contribution in [3.63, 3.8) is 0 Å². The van der Waals surface area contributed by atoms with Gasteiger partial charge in [-0.05, 0) is 0 Å². The standard InChI is InChI=1S/2C11H16N4O4/c2*1-7(16)15-5-8(13-6-15)4-9(11(18)19)14-10(17)2-3-12/h2*5-6,9H,2-4,12H2,1H3,(H,14,17)(H,18,19). The molecule has 16 nitrogen and oxygen atoms in total. The SMILES string of the molecule is CC(=O)n1cnc(CC(NC(=O)CCN)C(=O)O)c1.CC(=O)n1cnc(CC(NC(=O)CCN)C(=O)O)c1. The second kappa shape index (κ2) is 15.6. The third-order valence-corrected chi connectivity index (χ3v) is 4.84. The topological polar surface area (TPSA) is 255 Å². The van der Waals surface area contributed by atoms with E-state index in [0.717, 1.165) is 0 Å². The Balaban J connectivity index is 0.000000380. The highest BCUT2D eigenvalue weighted by molar-refractivity contribution is 5.84. The van der Waals surface area contributed by atoms with Gasteiger partial charge in [0.05, 0.1) is 11.4 Å². The van der Waals surface area contributed by atoms with Gasteiger partial charge in [-0.25, -0.2) is 19.6 Å². The minimum Gasteiger partial charge on any atom is -0.480 e. The van der Waals surface area contributed by atoms with Crippen LogP contribution in [0.4, 0.5) is 0 Å². The highest BCUT2D eigenvalue weighted by atomic mass is 16.4. The summed E-state index contributed by atoms with van der Waals surface area (Å²) < 4.78 is 2.49. The molecule has 208 valence electrons. The lowest BCUT2D eigenvalue weighted by atomic mass is 10.1. The van der Waals surface area contributed by atoms with Gasteiger partial charge in [-0.15, -0.1) is 0 Å². The molecule has 2 rings (SSSR count). The number of nitrogens with one attached hydrogen (secondary N) is 2. The van der Waals surface area contributed by atoms with E-state index in [1.165, 1.54) is 48.0 Å². The summed E-state index contributed by atoms with van der Waals surface area (Å²) in [4.78, 5) is 74.7. The quantitative estimate of drug-likeness (QED) is 0.172. The van der Waals surface area contributed by atoms with E-state index in [4.69, 9.17) is 21.7 Å². The monoisotopic (exact) mass is 536 g/mol. The highest BCUT2D eigenvalue weighted by Gasteiger charge is 2.22. The van der Waals surface area contributed by atoms with Crippen molar-refractivity contribution in [2.24, 2.45) is 11.5 Å². The smallest absolute Gasteiger partial charge is 0.326 e. The van der Waals surface area contributed by atoms with Crippen molar-refractivity contribution >= 4 is 35.6 Å². The molecular weight excluding hydrogens is 504 g/mol. The molecule has 2 aromatic rings. The summed E-state index contributed by atoms with van der Waals surface area (Å²) in [6, 6.07) is -2.18. The molecule has 0 bridgehead atoms. The summed E-state index contributed by atoms with van der Waals surface area (Å²) in [5.41, 5.74) is 11.2. The van der Waals surface area contributed by atoms with E-state index in [1.807, 2.05) is 0 Å². The first kappa shape index (κ1) is 31.6. The third kappa shape index (κ3) is 11.1. The van der Waals surface area contributed by atoms with Crippen LogP contribution in [0.2, 0.25) is 0 Å². The number of carbonyl (C=O) groups is 6. The number of aliphatic carboxylic acids is 2. The maximum absolute atomic E-state index is 11.3. The molecule has 0 saturated heterocycles. The molecule has 2 aromatic heterocycles. The molecule has 0 spiro atoms. The molecule has 2 atom stereocenters. The number of amides is 2. The maximum Gasteiger partial charge on any atom is 0.326 e. The van der Waals surface area contributed by atoms with Crippen molar-refractivity contribution in [1.29, 1.82) is 0 Å². The van der Waals surface area contributed by atoms with Crippen molar-refractivity contribution in [3.8, 4) is 0 Å². The molecule has 0 radical (unpaired) electrons. The average Bonchev–Trinajstić information content (AvgIpc) is 3.49. The molecule has 0 aromatic carbocycles. The van der Waals surface area contributed by atoms with Gasteiger partial charge in [0.2, 0.25) is 23.6 Å². The molecule has 2 unspecified atom stereocenters. The second-order valence-corrected chi connectivity index (χ2v) is 7.98. The largest absolute Gasteiger partial charge is 0.480 e. The number of carboxylic acid groups (broad SMARTS) is 2. The lowest BCUT2D eigenvalue weighted by Crippen LogP contribution is -2.42. The Morgan fingerprint density at radius 1 is 0.763 bits per heavy atom. The minimum atomic E-state index is -1.16. The van der Waals surface area contributed by atoms with Crippen LogP contribution in [0.25, 0.3) is 0 Å². The zero-order valence-electron chi connectivity index (χ0n) is 21.0. The van der Waals surface area contributed by atoms with Crippen molar-refractivity contribution in [2.75, 3.05) is 13.1 Å². The minimum absolute atomic E-state index is 0.00588. The molecule has 0 aliphatic heterocycles. The Hall–Kier alpha value is -4.44. The van der Waals surface area contributed by atoms with Gasteiger partial charge in [-0.1, -0.05) is 0 Å². The van der Waals surface area contributed by atoms with Gasteiger partial charge < -0.3 is 32.3 Å². The zero-order chi connectivity index (χ0) is 28.8. The van der Waals surface area contributed by atoms with Crippen LogP contribution in [0.15, 0.2) is 25.0 Å². The van der Waals surface area contributed by atoms with Crippen molar-refractivity contribution in [3.05, 3.63) is 36.4 Å². The summed E-state index contributed by atoms with van der Waals surface area (Å²) in [6.45, 7) is 3.03. The molecule has 0 aliphatic rings. The third-order valence-electron chi connectivity index (χ3n) is 4.84. The average molecular weight is 537 g/mol. The number of carbonyl (C=O) groups excluding carboxylic acids is 4. The molecule has 2 heterocycles. The number of nitrogens with zero attached hydrogens (tertiary/aromatic N) is 4. The first-order chi connectivity index (χ1) is 17.9. The van der Waals surface area contributed by atoms with Gasteiger partial charge in [0, 0.05) is 65.0 Å². The number of nitrogens with two attached hydrogens (primary N) is 2. The summed E-state index contributed by atoms with van der Waals surface area (Å²) in [5, 5.41) is 22.7. The van der Waals surface area contributed by atoms with Crippen LogP contribution in [-0.2, 0) is 32.0 Å². The number of hydrogen-bond donors (Lipinski definition) is 6. The van der Waals surface area contributed by atoms with Gasteiger partial charge in [0.15, 0.2) is 0 Å². The van der Waals surface area contributed by atoms with Crippen LogP contribution in [0, 0.1) is 0 Å². The van der Waals surface area contributed by atoms with Crippen LogP contribution < -0.4 is 22.1 Å². The van der Waals surface area contributed by atoms with E-state index < -0.39 is 35.8 Å². The Bertz CT molecular complexity index is 1050. The predicted molar refractivity (Wildman–Crippen MR) is 131 cm³/mol. The first-order valence-electron chi connectivity index (χ1n) is 11.4. The van der Waals surface area contributed by atoms with Gasteiger partial charge in [0.25, 0.3) is 0 Å². The number of hydrogen-bond acceptors (Lipinski definition) is 10. The van der Waals surface area contributed by atoms with Gasteiger partial charge in [-0.2, -0.15) is 0 Å². The van der Waals surface area contributed by atoms with Crippen molar-refractivity contribution in [1.82, 2.24) is 29.7 Å². The summed E-state index contributed by atoms with van der Waals surface area (Å²) in [7, 11) is 0. The first-order valence-corrected chi connectivity index (χ1v) is 11.4. The molecular formula is C22H32N8O8. The van der Waals surface area contributed by atoms with Crippen LogP contribution in [0.1, 0.15) is 47.7 Å². The highest BCUT2D eigenvalue weighted by Crippen LogP contribution is 2.03. The van der Waals surface area contributed by atoms with Crippen LogP contribution in [0.3, 0.4) is 0 Å². The fourth-order valence-corrected chi connectivity index (χ4v) is 2.90. The van der Waals surface area contributed by atoms with Crippen LogP contribution >= 0.6 is 0 Å². The normalized spacial score (nSPS) is 11.9. The molecule has 0 aliphatic carbocycles. The number of rotatable bonds is 12. The fraction of sp³-hybridized carbons (Fsp3) is 0.455. The summed E-state index contributed by atoms with van der Waals surface area (Å²) in [6.07, 6.45) is 5.62. The molecule has 16 heteroatoms. The van der Waals surface area contributed by atoms with E-state index >= 15 is 0 Å². The van der Waals surface area contributed by atoms with Crippen molar-refractivity contribution < 1.29 is 39.0 Å². The van der Waals surface area contributed by atoms with E-state index in [0.29, 0.717) is 11.4 Å². The Labute approximate surface area is 217 Å². The predicted octanol–water partition coefficient (Wildman–Crippen LogP) is -1.99. The van der Waals surface area contributed by atoms with E-state index in [2.05, 4.69) is 20.6 Å². The zero-order valence-corrected chi connectivity index (χ0v) is 21.0. The van der Waals surface area contributed by atoms with Crippen LogP contribution in [-0.4, -0.2) is 90.1 Å². The lowest BCUT2D eigenvalue weighted by Gasteiger charge is -2.12. The van der Waals surface area contributed by atoms with Crippen molar-refractivity contribution in [2.45, 2.75) is 51.6 Å². The Morgan fingerprint density at radius 3 is 1.34 bits per heavy atom. The molecule has 0 fully saturated rings. The van der Waals surface area contributed by atoms with E-state index in [1.54, 1.807) is 0 Å². The second-order valence-electron chi connectivity index (χ2n) is 7.98. The lowest BCUT2D eigenvalue weighted by molar-refractivity contribution is -0.142. The summed E-state index contributed by atoms with van der Waals surface area (Å²) >= 11 is 0. The Kier molecular flexibility index (Phi) is 13.0. The summed E-state index contributed by atoms with van der Waals surface area (Å²) in [5.74, 6) is -3.64. The molecule has 2 amide bonds. The molecule has 38 heavy (non-hydrogen) atoms. The molecule has 8 N–H and O–H groups in total. The van der Waals surface area contributed by atoms with E-state index in [-0.39, 0.29) is 50.6 Å². The number of imidazole rings is 2. The number of carboxylic acids is 2. The molecule has 0 saturated carbocycles.